The number of rotatable bonds is 4. The standard InChI is InChI=1S/C16H15N5O/c1-20(15-6-3-7-17-9-15)16(22)14-5-2-4-13(8-14)10-21-12-18-11-19-21/h2-9,11-12H,10H2,1H3. The first-order valence-corrected chi connectivity index (χ1v) is 6.83. The Morgan fingerprint density at radius 3 is 2.86 bits per heavy atom. The SMILES string of the molecule is CN(C(=O)c1cccc(Cn2cncn2)c1)c1cccnc1. The van der Waals surface area contributed by atoms with Gasteiger partial charge in [-0.1, -0.05) is 12.1 Å². The van der Waals surface area contributed by atoms with E-state index >= 15 is 0 Å². The maximum absolute atomic E-state index is 12.6. The van der Waals surface area contributed by atoms with Crippen molar-refractivity contribution in [2.75, 3.05) is 11.9 Å². The molecule has 0 radical (unpaired) electrons. The number of hydrogen-bond donors (Lipinski definition) is 0. The summed E-state index contributed by atoms with van der Waals surface area (Å²) >= 11 is 0. The minimum absolute atomic E-state index is 0.0755. The molecule has 0 saturated heterocycles. The van der Waals surface area contributed by atoms with Crippen molar-refractivity contribution in [1.29, 1.82) is 0 Å². The molecule has 0 unspecified atom stereocenters. The summed E-state index contributed by atoms with van der Waals surface area (Å²) in [5, 5.41) is 4.07. The first-order valence-electron chi connectivity index (χ1n) is 6.83. The smallest absolute Gasteiger partial charge is 0.258 e. The first kappa shape index (κ1) is 13.9. The van der Waals surface area contributed by atoms with Gasteiger partial charge in [-0.3, -0.25) is 9.78 Å². The highest BCUT2D eigenvalue weighted by Crippen LogP contribution is 2.15. The van der Waals surface area contributed by atoms with Crippen LogP contribution in [0.25, 0.3) is 0 Å². The average Bonchev–Trinajstić information content (AvgIpc) is 3.07. The summed E-state index contributed by atoms with van der Waals surface area (Å²) in [4.78, 5) is 22.1. The van der Waals surface area contributed by atoms with Crippen LogP contribution in [-0.2, 0) is 6.54 Å². The Morgan fingerprint density at radius 2 is 2.14 bits per heavy atom. The van der Waals surface area contributed by atoms with Crippen molar-refractivity contribution in [2.45, 2.75) is 6.54 Å². The maximum Gasteiger partial charge on any atom is 0.258 e. The Balaban J connectivity index is 1.81. The summed E-state index contributed by atoms with van der Waals surface area (Å²) in [6.45, 7) is 0.581. The monoisotopic (exact) mass is 293 g/mol. The number of hydrogen-bond acceptors (Lipinski definition) is 4. The van der Waals surface area contributed by atoms with Gasteiger partial charge in [0.2, 0.25) is 0 Å². The van der Waals surface area contributed by atoms with Crippen molar-refractivity contribution in [3.8, 4) is 0 Å². The Kier molecular flexibility index (Phi) is 3.91. The van der Waals surface area contributed by atoms with Gasteiger partial charge in [0.05, 0.1) is 18.4 Å². The normalized spacial score (nSPS) is 10.4. The van der Waals surface area contributed by atoms with Crippen LogP contribution in [-0.4, -0.2) is 32.7 Å². The second-order valence-corrected chi connectivity index (χ2v) is 4.87. The predicted octanol–water partition coefficient (Wildman–Crippen LogP) is 2.00. The third kappa shape index (κ3) is 3.01. The van der Waals surface area contributed by atoms with Gasteiger partial charge in [-0.25, -0.2) is 9.67 Å². The molecule has 0 spiro atoms. The van der Waals surface area contributed by atoms with Crippen LogP contribution in [0.1, 0.15) is 15.9 Å². The second kappa shape index (κ2) is 6.17. The molecule has 110 valence electrons. The average molecular weight is 293 g/mol. The molecule has 2 heterocycles. The number of carbonyl (C=O) groups excluding carboxylic acids is 1. The third-order valence-corrected chi connectivity index (χ3v) is 3.32. The minimum Gasteiger partial charge on any atom is -0.310 e. The van der Waals surface area contributed by atoms with Gasteiger partial charge < -0.3 is 4.90 Å². The van der Waals surface area contributed by atoms with Crippen molar-refractivity contribution >= 4 is 11.6 Å². The lowest BCUT2D eigenvalue weighted by molar-refractivity contribution is 0.0993. The van der Waals surface area contributed by atoms with Crippen LogP contribution >= 0.6 is 0 Å². The zero-order chi connectivity index (χ0) is 15.4. The molecule has 0 N–H and O–H groups in total. The highest BCUT2D eigenvalue weighted by Gasteiger charge is 2.13. The van der Waals surface area contributed by atoms with Gasteiger partial charge in [-0.15, -0.1) is 0 Å². The Hall–Kier alpha value is -3.02. The van der Waals surface area contributed by atoms with E-state index in [1.54, 1.807) is 47.5 Å². The van der Waals surface area contributed by atoms with E-state index < -0.39 is 0 Å². The van der Waals surface area contributed by atoms with Crippen LogP contribution in [0.15, 0.2) is 61.4 Å². The number of aromatic nitrogens is 4. The lowest BCUT2D eigenvalue weighted by Crippen LogP contribution is -2.26. The second-order valence-electron chi connectivity index (χ2n) is 4.87. The van der Waals surface area contributed by atoms with E-state index in [9.17, 15) is 4.79 Å². The Morgan fingerprint density at radius 1 is 1.23 bits per heavy atom. The molecule has 2 aromatic heterocycles. The molecule has 0 aliphatic heterocycles. The molecule has 22 heavy (non-hydrogen) atoms. The lowest BCUT2D eigenvalue weighted by atomic mass is 10.1. The van der Waals surface area contributed by atoms with Crippen molar-refractivity contribution in [3.63, 3.8) is 0 Å². The van der Waals surface area contributed by atoms with E-state index in [1.807, 2.05) is 24.3 Å². The quantitative estimate of drug-likeness (QED) is 0.738. The fraction of sp³-hybridized carbons (Fsp3) is 0.125. The number of benzene rings is 1. The third-order valence-electron chi connectivity index (χ3n) is 3.32. The topological polar surface area (TPSA) is 63.9 Å². The number of anilines is 1. The lowest BCUT2D eigenvalue weighted by Gasteiger charge is -2.17. The van der Waals surface area contributed by atoms with Crippen LogP contribution in [0.4, 0.5) is 5.69 Å². The molecule has 0 atom stereocenters. The summed E-state index contributed by atoms with van der Waals surface area (Å²) in [5.74, 6) is -0.0755. The molecular weight excluding hydrogens is 278 g/mol. The molecule has 0 fully saturated rings. The number of nitrogens with zero attached hydrogens (tertiary/aromatic N) is 5. The summed E-state index contributed by atoms with van der Waals surface area (Å²) in [5.41, 5.74) is 2.38. The number of carbonyl (C=O) groups is 1. The van der Waals surface area contributed by atoms with Gasteiger partial charge >= 0.3 is 0 Å². The maximum atomic E-state index is 12.6. The number of amides is 1. The largest absolute Gasteiger partial charge is 0.310 e. The molecular formula is C16H15N5O. The van der Waals surface area contributed by atoms with Crippen LogP contribution in [0, 0.1) is 0 Å². The fourth-order valence-corrected chi connectivity index (χ4v) is 2.17. The summed E-state index contributed by atoms with van der Waals surface area (Å²) in [6.07, 6.45) is 6.49. The zero-order valence-corrected chi connectivity index (χ0v) is 12.1. The molecule has 3 rings (SSSR count). The molecule has 1 aromatic carbocycles. The van der Waals surface area contributed by atoms with E-state index in [1.165, 1.54) is 6.33 Å². The van der Waals surface area contributed by atoms with Crippen LogP contribution in [0.2, 0.25) is 0 Å². The van der Waals surface area contributed by atoms with Crippen molar-refractivity contribution < 1.29 is 4.79 Å². The van der Waals surface area contributed by atoms with Crippen molar-refractivity contribution in [2.24, 2.45) is 0 Å². The summed E-state index contributed by atoms with van der Waals surface area (Å²) in [6, 6.07) is 11.2. The highest BCUT2D eigenvalue weighted by molar-refractivity contribution is 6.05. The molecule has 0 aliphatic rings. The Bertz CT molecular complexity index is 755. The van der Waals surface area contributed by atoms with E-state index in [-0.39, 0.29) is 5.91 Å². The van der Waals surface area contributed by atoms with Crippen LogP contribution in [0.3, 0.4) is 0 Å². The highest BCUT2D eigenvalue weighted by atomic mass is 16.2. The molecule has 3 aromatic rings. The molecule has 6 heteroatoms. The minimum atomic E-state index is -0.0755. The van der Waals surface area contributed by atoms with Crippen molar-refractivity contribution in [1.82, 2.24) is 19.7 Å². The summed E-state index contributed by atoms with van der Waals surface area (Å²) in [7, 11) is 1.74. The van der Waals surface area contributed by atoms with E-state index in [0.29, 0.717) is 12.1 Å². The predicted molar refractivity (Wildman–Crippen MR) is 82.5 cm³/mol. The molecule has 0 aliphatic carbocycles. The number of pyridine rings is 1. The Labute approximate surface area is 128 Å². The van der Waals surface area contributed by atoms with Crippen LogP contribution < -0.4 is 4.90 Å². The van der Waals surface area contributed by atoms with E-state index in [0.717, 1.165) is 11.3 Å². The van der Waals surface area contributed by atoms with Gasteiger partial charge in [0.15, 0.2) is 0 Å². The summed E-state index contributed by atoms with van der Waals surface area (Å²) < 4.78 is 1.72. The van der Waals surface area contributed by atoms with Gasteiger partial charge in [-0.05, 0) is 29.8 Å². The molecule has 0 saturated carbocycles. The van der Waals surface area contributed by atoms with Gasteiger partial charge in [0.1, 0.15) is 12.7 Å². The first-order chi connectivity index (χ1) is 10.7. The van der Waals surface area contributed by atoms with Gasteiger partial charge in [0.25, 0.3) is 5.91 Å². The van der Waals surface area contributed by atoms with Crippen molar-refractivity contribution in [3.05, 3.63) is 72.6 Å². The molecule has 0 bridgehead atoms. The van der Waals surface area contributed by atoms with E-state index in [2.05, 4.69) is 15.1 Å². The fourth-order valence-electron chi connectivity index (χ4n) is 2.17. The molecule has 6 nitrogen and oxygen atoms in total. The van der Waals surface area contributed by atoms with E-state index in [4.69, 9.17) is 0 Å². The van der Waals surface area contributed by atoms with Gasteiger partial charge in [-0.2, -0.15) is 5.10 Å². The van der Waals surface area contributed by atoms with Crippen LogP contribution in [0.5, 0.6) is 0 Å². The molecule has 1 amide bonds. The zero-order valence-electron chi connectivity index (χ0n) is 12.1. The van der Waals surface area contributed by atoms with Gasteiger partial charge in [0, 0.05) is 18.8 Å².